The van der Waals surface area contributed by atoms with Crippen molar-refractivity contribution in [1.29, 1.82) is 0 Å². The summed E-state index contributed by atoms with van der Waals surface area (Å²) in [6.45, 7) is 17.2. The van der Waals surface area contributed by atoms with Crippen LogP contribution < -0.4 is 0 Å². The van der Waals surface area contributed by atoms with E-state index in [1.54, 1.807) is 12.1 Å². The van der Waals surface area contributed by atoms with Crippen LogP contribution in [0.3, 0.4) is 0 Å². The first kappa shape index (κ1) is 33.6. The summed E-state index contributed by atoms with van der Waals surface area (Å²) in [7, 11) is 0. The van der Waals surface area contributed by atoms with Crippen LogP contribution in [-0.2, 0) is 0 Å². The van der Waals surface area contributed by atoms with Gasteiger partial charge in [-0.05, 0) is 147 Å². The lowest BCUT2D eigenvalue weighted by molar-refractivity contribution is -0.384. The van der Waals surface area contributed by atoms with E-state index in [9.17, 15) is 30.5 Å². The molecule has 246 valence electrons. The Balaban J connectivity index is 1.47. The number of benzene rings is 1. The summed E-state index contributed by atoms with van der Waals surface area (Å²) in [5.74, 6) is 0.552. The average molecular weight is 612 g/mol. The number of fused-ring (bicyclic) bond motifs is 5. The smallest absolute Gasteiger partial charge is 0.269 e. The second kappa shape index (κ2) is 10.9. The fourth-order valence-electron chi connectivity index (χ4n) is 11.6. The van der Waals surface area contributed by atoms with Crippen molar-refractivity contribution < 1.29 is 25.3 Å². The highest BCUT2D eigenvalue weighted by molar-refractivity contribution is 5.57. The van der Waals surface area contributed by atoms with Gasteiger partial charge in [0, 0.05) is 12.1 Å². The number of nitro benzene ring substituents is 1. The van der Waals surface area contributed by atoms with Crippen LogP contribution >= 0.6 is 0 Å². The fraction of sp³-hybridized carbons (Fsp3) is 0.784. The summed E-state index contributed by atoms with van der Waals surface area (Å²) in [6.07, 6.45) is 8.25. The Bertz CT molecular complexity index is 1280. The molecule has 4 fully saturated rings. The monoisotopic (exact) mass is 611 g/mol. The van der Waals surface area contributed by atoms with E-state index in [1.165, 1.54) is 12.1 Å². The summed E-state index contributed by atoms with van der Waals surface area (Å²) in [5, 5.41) is 57.1. The molecule has 5 rings (SSSR count). The normalized spacial score (nSPS) is 42.2. The standard InChI is InChI=1S/C37H57NO6/c1-32(2,41)16-9-17-37(8,42)26-14-18-36(7)30(26)27(39)21-29-34(5)22-24(20-23-10-12-25(13-11-23)38(43)44)31(40)33(3,4)28(34)15-19-35(29,36)6/h10-13,20,26-31,39-42H,9,14-19,21-22H2,1-8H3/b24-20+/t26-,27+,28-,29+,30-,31-,34-,35+,36+,37+/m0/s1. The first-order chi connectivity index (χ1) is 20.2. The van der Waals surface area contributed by atoms with Crippen LogP contribution in [0.25, 0.3) is 6.08 Å². The van der Waals surface area contributed by atoms with E-state index >= 15 is 0 Å². The molecule has 1 aromatic carbocycles. The Hall–Kier alpha value is -1.80. The Kier molecular flexibility index (Phi) is 8.30. The molecule has 0 spiro atoms. The molecule has 0 saturated heterocycles. The minimum absolute atomic E-state index is 0.00910. The Labute approximate surface area is 264 Å². The van der Waals surface area contributed by atoms with Gasteiger partial charge in [-0.15, -0.1) is 0 Å². The van der Waals surface area contributed by atoms with E-state index in [2.05, 4.69) is 34.6 Å². The number of hydrogen-bond acceptors (Lipinski definition) is 6. The molecule has 4 N–H and O–H groups in total. The van der Waals surface area contributed by atoms with Gasteiger partial charge in [0.25, 0.3) is 5.69 Å². The summed E-state index contributed by atoms with van der Waals surface area (Å²) < 4.78 is 0. The lowest BCUT2D eigenvalue weighted by Gasteiger charge is -2.70. The van der Waals surface area contributed by atoms with E-state index < -0.39 is 28.3 Å². The number of rotatable bonds is 7. The van der Waals surface area contributed by atoms with Crippen molar-refractivity contribution in [2.75, 3.05) is 0 Å². The lowest BCUT2D eigenvalue weighted by atomic mass is 9.34. The first-order valence-electron chi connectivity index (χ1n) is 16.9. The zero-order valence-electron chi connectivity index (χ0n) is 28.3. The second-order valence-electron chi connectivity index (χ2n) is 17.5. The first-order valence-corrected chi connectivity index (χ1v) is 16.9. The molecule has 10 atom stereocenters. The van der Waals surface area contributed by atoms with E-state index in [4.69, 9.17) is 0 Å². The fourth-order valence-corrected chi connectivity index (χ4v) is 11.6. The van der Waals surface area contributed by atoms with Gasteiger partial charge in [-0.3, -0.25) is 10.1 Å². The molecule has 4 aliphatic carbocycles. The topological polar surface area (TPSA) is 124 Å². The number of nitrogens with zero attached hydrogens (tertiary/aromatic N) is 1. The third kappa shape index (κ3) is 5.28. The molecule has 0 heterocycles. The van der Waals surface area contributed by atoms with Crippen molar-refractivity contribution in [1.82, 2.24) is 0 Å². The predicted molar refractivity (Wildman–Crippen MR) is 174 cm³/mol. The highest BCUT2D eigenvalue weighted by atomic mass is 16.6. The van der Waals surface area contributed by atoms with Crippen LogP contribution in [0.4, 0.5) is 5.69 Å². The van der Waals surface area contributed by atoms with Gasteiger partial charge in [-0.2, -0.15) is 0 Å². The Morgan fingerprint density at radius 3 is 2.14 bits per heavy atom. The summed E-state index contributed by atoms with van der Waals surface area (Å²) in [6, 6.07) is 6.55. The number of non-ortho nitro benzene ring substituents is 1. The molecule has 4 aliphatic rings. The lowest BCUT2D eigenvalue weighted by Crippen LogP contribution is -2.66. The minimum atomic E-state index is -0.906. The molecule has 0 unspecified atom stereocenters. The zero-order valence-corrected chi connectivity index (χ0v) is 28.3. The van der Waals surface area contributed by atoms with Gasteiger partial charge >= 0.3 is 0 Å². The molecule has 0 bridgehead atoms. The summed E-state index contributed by atoms with van der Waals surface area (Å²) >= 11 is 0. The maximum Gasteiger partial charge on any atom is 0.269 e. The van der Waals surface area contributed by atoms with Crippen LogP contribution in [0.5, 0.6) is 0 Å². The zero-order chi connectivity index (χ0) is 32.7. The molecular weight excluding hydrogens is 554 g/mol. The molecule has 7 heteroatoms. The second-order valence-corrected chi connectivity index (χ2v) is 17.5. The van der Waals surface area contributed by atoms with E-state index in [1.807, 2.05) is 26.8 Å². The minimum Gasteiger partial charge on any atom is -0.393 e. The van der Waals surface area contributed by atoms with Crippen LogP contribution in [0.2, 0.25) is 0 Å². The largest absolute Gasteiger partial charge is 0.393 e. The number of aliphatic hydroxyl groups excluding tert-OH is 2. The van der Waals surface area contributed by atoms with Crippen molar-refractivity contribution in [3.05, 3.63) is 45.5 Å². The molecular formula is C37H57NO6. The number of nitro groups is 1. The van der Waals surface area contributed by atoms with E-state index in [-0.39, 0.29) is 51.0 Å². The number of hydrogen-bond donors (Lipinski definition) is 4. The Morgan fingerprint density at radius 1 is 0.932 bits per heavy atom. The van der Waals surface area contributed by atoms with Crippen molar-refractivity contribution in [3.63, 3.8) is 0 Å². The van der Waals surface area contributed by atoms with Gasteiger partial charge in [-0.1, -0.05) is 40.7 Å². The Morgan fingerprint density at radius 2 is 1.55 bits per heavy atom. The molecule has 4 saturated carbocycles. The quantitative estimate of drug-likeness (QED) is 0.190. The maximum atomic E-state index is 12.1. The van der Waals surface area contributed by atoms with E-state index in [0.717, 1.165) is 49.7 Å². The molecule has 0 radical (unpaired) electrons. The van der Waals surface area contributed by atoms with Crippen LogP contribution in [0, 0.1) is 55.4 Å². The number of aliphatic hydroxyl groups is 4. The SMILES string of the molecule is CC(C)(O)CCC[C@@](C)(O)[C@H]1CC[C@]2(C)[C@@H]1[C@H](O)C[C@@H]1[C@@]3(C)C/C(=C\c4ccc([N+](=O)[O-])cc4)[C@H](O)C(C)(C)[C@@H]3CC[C@]12C. The summed E-state index contributed by atoms with van der Waals surface area (Å²) in [5.41, 5.74) is -0.473. The van der Waals surface area contributed by atoms with Gasteiger partial charge in [0.1, 0.15) is 0 Å². The third-order valence-electron chi connectivity index (χ3n) is 13.9. The van der Waals surface area contributed by atoms with E-state index in [0.29, 0.717) is 19.3 Å². The van der Waals surface area contributed by atoms with Gasteiger partial charge in [0.15, 0.2) is 0 Å². The average Bonchev–Trinajstić information content (AvgIpc) is 3.29. The van der Waals surface area contributed by atoms with Gasteiger partial charge in [-0.25, -0.2) is 0 Å². The highest BCUT2D eigenvalue weighted by Crippen LogP contribution is 2.76. The summed E-state index contributed by atoms with van der Waals surface area (Å²) in [4.78, 5) is 10.8. The van der Waals surface area contributed by atoms with Crippen LogP contribution in [-0.4, -0.2) is 48.8 Å². The van der Waals surface area contributed by atoms with Crippen LogP contribution in [0.15, 0.2) is 29.8 Å². The van der Waals surface area contributed by atoms with Crippen molar-refractivity contribution in [2.24, 2.45) is 45.3 Å². The highest BCUT2D eigenvalue weighted by Gasteiger charge is 2.71. The molecule has 0 amide bonds. The molecule has 0 aliphatic heterocycles. The van der Waals surface area contributed by atoms with Gasteiger partial charge in [0.2, 0.25) is 0 Å². The van der Waals surface area contributed by atoms with Crippen molar-refractivity contribution >= 4 is 11.8 Å². The maximum absolute atomic E-state index is 12.1. The molecule has 7 nitrogen and oxygen atoms in total. The predicted octanol–water partition coefficient (Wildman–Crippen LogP) is 7.30. The van der Waals surface area contributed by atoms with Gasteiger partial charge in [0.05, 0.1) is 28.3 Å². The third-order valence-corrected chi connectivity index (χ3v) is 13.9. The molecule has 44 heavy (non-hydrogen) atoms. The van der Waals surface area contributed by atoms with Crippen molar-refractivity contribution in [2.45, 2.75) is 137 Å². The van der Waals surface area contributed by atoms with Gasteiger partial charge < -0.3 is 20.4 Å². The van der Waals surface area contributed by atoms with Crippen molar-refractivity contribution in [3.8, 4) is 0 Å². The molecule has 1 aromatic rings. The van der Waals surface area contributed by atoms with Crippen LogP contribution in [0.1, 0.15) is 119 Å². The molecule has 0 aromatic heterocycles.